The Labute approximate surface area is 165 Å². The van der Waals surface area contributed by atoms with Gasteiger partial charge in [-0.25, -0.2) is 8.42 Å². The SMILES string of the molecule is N#Cc1cccc(NC(=O)CNc2ccc(S(=O)(=O)N3CCCCC3)cc2)c1. The number of anilines is 2. The summed E-state index contributed by atoms with van der Waals surface area (Å²) in [5.41, 5.74) is 1.67. The number of carbonyl (C=O) groups excluding carboxylic acids is 1. The van der Waals surface area contributed by atoms with Crippen LogP contribution in [-0.2, 0) is 14.8 Å². The molecule has 1 amide bonds. The van der Waals surface area contributed by atoms with Crippen molar-refractivity contribution >= 4 is 27.3 Å². The number of nitriles is 1. The summed E-state index contributed by atoms with van der Waals surface area (Å²) in [5.74, 6) is -0.264. The van der Waals surface area contributed by atoms with E-state index in [2.05, 4.69) is 10.6 Å². The van der Waals surface area contributed by atoms with Crippen molar-refractivity contribution in [3.63, 3.8) is 0 Å². The molecule has 2 N–H and O–H groups in total. The Hall–Kier alpha value is -2.89. The van der Waals surface area contributed by atoms with Gasteiger partial charge in [0.15, 0.2) is 0 Å². The van der Waals surface area contributed by atoms with Gasteiger partial charge in [-0.1, -0.05) is 12.5 Å². The molecule has 0 bridgehead atoms. The molecule has 1 saturated heterocycles. The summed E-state index contributed by atoms with van der Waals surface area (Å²) in [7, 11) is -3.46. The summed E-state index contributed by atoms with van der Waals surface area (Å²) < 4.78 is 26.8. The van der Waals surface area contributed by atoms with Crippen LogP contribution in [0.4, 0.5) is 11.4 Å². The molecular weight excluding hydrogens is 376 g/mol. The number of hydrogen-bond donors (Lipinski definition) is 2. The number of nitrogens with zero attached hydrogens (tertiary/aromatic N) is 2. The lowest BCUT2D eigenvalue weighted by Crippen LogP contribution is -2.35. The van der Waals surface area contributed by atoms with Crippen LogP contribution in [0.2, 0.25) is 0 Å². The average Bonchev–Trinajstić information content (AvgIpc) is 2.73. The molecule has 2 aromatic rings. The first-order chi connectivity index (χ1) is 13.5. The highest BCUT2D eigenvalue weighted by Crippen LogP contribution is 2.22. The van der Waals surface area contributed by atoms with Gasteiger partial charge >= 0.3 is 0 Å². The van der Waals surface area contributed by atoms with Gasteiger partial charge in [0.2, 0.25) is 15.9 Å². The molecule has 2 aromatic carbocycles. The molecule has 0 unspecified atom stereocenters. The zero-order valence-corrected chi connectivity index (χ0v) is 16.2. The molecule has 7 nitrogen and oxygen atoms in total. The third-order valence-electron chi connectivity index (χ3n) is 4.54. The van der Waals surface area contributed by atoms with E-state index in [1.807, 2.05) is 6.07 Å². The Kier molecular flexibility index (Phi) is 6.29. The summed E-state index contributed by atoms with van der Waals surface area (Å²) in [4.78, 5) is 12.3. The summed E-state index contributed by atoms with van der Waals surface area (Å²) in [6, 6.07) is 15.1. The Morgan fingerprint density at radius 1 is 1.04 bits per heavy atom. The minimum absolute atomic E-state index is 0.0228. The van der Waals surface area contributed by atoms with Crippen molar-refractivity contribution in [3.8, 4) is 6.07 Å². The maximum atomic E-state index is 12.6. The van der Waals surface area contributed by atoms with Crippen LogP contribution in [0.1, 0.15) is 24.8 Å². The molecule has 0 aliphatic carbocycles. The zero-order valence-electron chi connectivity index (χ0n) is 15.4. The molecule has 0 spiro atoms. The standard InChI is InChI=1S/C20H22N4O3S/c21-14-16-5-4-6-18(13-16)23-20(25)15-22-17-7-9-19(10-8-17)28(26,27)24-11-2-1-3-12-24/h4-10,13,22H,1-3,11-12,15H2,(H,23,25). The molecule has 8 heteroatoms. The van der Waals surface area contributed by atoms with Crippen LogP contribution in [0, 0.1) is 11.3 Å². The highest BCUT2D eigenvalue weighted by molar-refractivity contribution is 7.89. The highest BCUT2D eigenvalue weighted by Gasteiger charge is 2.25. The summed E-state index contributed by atoms with van der Waals surface area (Å²) >= 11 is 0. The van der Waals surface area contributed by atoms with Gasteiger partial charge in [-0.05, 0) is 55.3 Å². The minimum Gasteiger partial charge on any atom is -0.376 e. The van der Waals surface area contributed by atoms with Crippen molar-refractivity contribution in [2.75, 3.05) is 30.3 Å². The molecule has 1 aliphatic rings. The van der Waals surface area contributed by atoms with Crippen molar-refractivity contribution in [1.82, 2.24) is 4.31 Å². The summed E-state index contributed by atoms with van der Waals surface area (Å²) in [5, 5.41) is 14.6. The van der Waals surface area contributed by atoms with Crippen molar-refractivity contribution in [2.24, 2.45) is 0 Å². The second kappa shape index (κ2) is 8.87. The number of amides is 1. The zero-order chi connectivity index (χ0) is 20.0. The smallest absolute Gasteiger partial charge is 0.243 e. The van der Waals surface area contributed by atoms with Crippen LogP contribution in [0.5, 0.6) is 0 Å². The molecule has 146 valence electrons. The van der Waals surface area contributed by atoms with Gasteiger partial charge < -0.3 is 10.6 Å². The second-order valence-corrected chi connectivity index (χ2v) is 8.52. The van der Waals surface area contributed by atoms with Gasteiger partial charge in [0.1, 0.15) is 0 Å². The van der Waals surface area contributed by atoms with Crippen molar-refractivity contribution in [2.45, 2.75) is 24.2 Å². The maximum absolute atomic E-state index is 12.6. The first-order valence-electron chi connectivity index (χ1n) is 9.13. The minimum atomic E-state index is -3.46. The predicted molar refractivity (Wildman–Crippen MR) is 107 cm³/mol. The monoisotopic (exact) mass is 398 g/mol. The Balaban J connectivity index is 1.56. The van der Waals surface area contributed by atoms with E-state index in [1.54, 1.807) is 48.5 Å². The number of carbonyl (C=O) groups is 1. The number of rotatable bonds is 6. The lowest BCUT2D eigenvalue weighted by molar-refractivity contribution is -0.114. The largest absolute Gasteiger partial charge is 0.376 e. The van der Waals surface area contributed by atoms with Crippen molar-refractivity contribution < 1.29 is 13.2 Å². The molecule has 3 rings (SSSR count). The molecule has 1 aliphatic heterocycles. The van der Waals surface area contributed by atoms with E-state index >= 15 is 0 Å². The maximum Gasteiger partial charge on any atom is 0.243 e. The number of nitrogens with one attached hydrogen (secondary N) is 2. The van der Waals surface area contributed by atoms with Crippen molar-refractivity contribution in [1.29, 1.82) is 5.26 Å². The Bertz CT molecular complexity index is 975. The van der Waals surface area contributed by atoms with E-state index in [0.717, 1.165) is 19.3 Å². The molecular formula is C20H22N4O3S. The van der Waals surface area contributed by atoms with Crippen molar-refractivity contribution in [3.05, 3.63) is 54.1 Å². The van der Waals surface area contributed by atoms with Crippen LogP contribution in [-0.4, -0.2) is 38.3 Å². The highest BCUT2D eigenvalue weighted by atomic mass is 32.2. The molecule has 1 fully saturated rings. The van der Waals surface area contributed by atoms with Crippen LogP contribution in [0.25, 0.3) is 0 Å². The number of sulfonamides is 1. The van der Waals surface area contributed by atoms with E-state index in [0.29, 0.717) is 30.0 Å². The van der Waals surface area contributed by atoms with E-state index in [9.17, 15) is 13.2 Å². The quantitative estimate of drug-likeness (QED) is 0.779. The van der Waals surface area contributed by atoms with E-state index in [4.69, 9.17) is 5.26 Å². The van der Waals surface area contributed by atoms with E-state index in [1.165, 1.54) is 4.31 Å². The lowest BCUT2D eigenvalue weighted by atomic mass is 10.2. The van der Waals surface area contributed by atoms with Gasteiger partial charge in [0, 0.05) is 24.5 Å². The number of benzene rings is 2. The average molecular weight is 398 g/mol. The molecule has 1 heterocycles. The first-order valence-corrected chi connectivity index (χ1v) is 10.6. The Morgan fingerprint density at radius 2 is 1.75 bits per heavy atom. The molecule has 0 atom stereocenters. The normalized spacial score (nSPS) is 14.8. The molecule has 0 saturated carbocycles. The van der Waals surface area contributed by atoms with Gasteiger partial charge in [0.25, 0.3) is 0 Å². The second-order valence-electron chi connectivity index (χ2n) is 6.58. The molecule has 28 heavy (non-hydrogen) atoms. The van der Waals surface area contributed by atoms with Crippen LogP contribution < -0.4 is 10.6 Å². The molecule has 0 radical (unpaired) electrons. The van der Waals surface area contributed by atoms with Crippen LogP contribution in [0.3, 0.4) is 0 Å². The topological polar surface area (TPSA) is 102 Å². The van der Waals surface area contributed by atoms with Gasteiger partial charge in [-0.15, -0.1) is 0 Å². The lowest BCUT2D eigenvalue weighted by Gasteiger charge is -2.25. The van der Waals surface area contributed by atoms with Gasteiger partial charge in [-0.2, -0.15) is 9.57 Å². The van der Waals surface area contributed by atoms with Crippen LogP contribution >= 0.6 is 0 Å². The Morgan fingerprint density at radius 3 is 2.43 bits per heavy atom. The predicted octanol–water partition coefficient (Wildman–Crippen LogP) is 2.78. The third-order valence-corrected chi connectivity index (χ3v) is 6.45. The number of piperidine rings is 1. The third kappa shape index (κ3) is 4.88. The summed E-state index contributed by atoms with van der Waals surface area (Å²) in [6.45, 7) is 1.15. The fraction of sp³-hybridized carbons (Fsp3) is 0.300. The first kappa shape index (κ1) is 19.9. The fourth-order valence-corrected chi connectivity index (χ4v) is 4.57. The van der Waals surface area contributed by atoms with E-state index in [-0.39, 0.29) is 17.3 Å². The van der Waals surface area contributed by atoms with Gasteiger partial charge in [-0.3, -0.25) is 4.79 Å². The number of hydrogen-bond acceptors (Lipinski definition) is 5. The molecule has 0 aromatic heterocycles. The summed E-state index contributed by atoms with van der Waals surface area (Å²) in [6.07, 6.45) is 2.86. The van der Waals surface area contributed by atoms with Crippen LogP contribution in [0.15, 0.2) is 53.4 Å². The van der Waals surface area contributed by atoms with E-state index < -0.39 is 10.0 Å². The van der Waals surface area contributed by atoms with Gasteiger partial charge in [0.05, 0.1) is 23.1 Å². The fourth-order valence-electron chi connectivity index (χ4n) is 3.05.